The van der Waals surface area contributed by atoms with E-state index in [1.807, 2.05) is 0 Å². The molecule has 76 valence electrons. The maximum absolute atomic E-state index is 12.8. The fourth-order valence-corrected chi connectivity index (χ4v) is 1.16. The molecule has 3 nitrogen and oxygen atoms in total. The SMILES string of the molecule is NC(C(=O)O)c1cc(F)cc(F)c1Cl. The molecular weight excluding hydrogens is 216 g/mol. The average Bonchev–Trinajstić information content (AvgIpc) is 2.09. The normalized spacial score (nSPS) is 12.6. The van der Waals surface area contributed by atoms with E-state index in [1.54, 1.807) is 0 Å². The third-order valence-corrected chi connectivity index (χ3v) is 2.02. The number of hydrogen-bond donors (Lipinski definition) is 2. The first-order chi connectivity index (χ1) is 6.43. The molecule has 1 atom stereocenters. The van der Waals surface area contributed by atoms with Crippen LogP contribution in [-0.4, -0.2) is 11.1 Å². The number of carbonyl (C=O) groups is 1. The third kappa shape index (κ3) is 2.00. The fourth-order valence-electron chi connectivity index (χ4n) is 0.935. The quantitative estimate of drug-likeness (QED) is 0.748. The van der Waals surface area contributed by atoms with E-state index in [2.05, 4.69) is 0 Å². The Hall–Kier alpha value is -1.20. The lowest BCUT2D eigenvalue weighted by Crippen LogP contribution is -2.21. The molecule has 0 saturated carbocycles. The van der Waals surface area contributed by atoms with Gasteiger partial charge in [0.1, 0.15) is 17.7 Å². The number of halogens is 3. The third-order valence-electron chi connectivity index (χ3n) is 1.62. The highest BCUT2D eigenvalue weighted by molar-refractivity contribution is 6.31. The first-order valence-corrected chi connectivity index (χ1v) is 3.94. The van der Waals surface area contributed by atoms with Crippen LogP contribution in [0.4, 0.5) is 8.78 Å². The summed E-state index contributed by atoms with van der Waals surface area (Å²) in [5, 5.41) is 8.04. The molecule has 0 aliphatic heterocycles. The maximum atomic E-state index is 12.8. The monoisotopic (exact) mass is 221 g/mol. The Balaban J connectivity index is 3.26. The van der Waals surface area contributed by atoms with Gasteiger partial charge in [0.2, 0.25) is 0 Å². The van der Waals surface area contributed by atoms with Crippen LogP contribution in [0, 0.1) is 11.6 Å². The molecule has 6 heteroatoms. The van der Waals surface area contributed by atoms with E-state index in [0.717, 1.165) is 6.07 Å². The zero-order valence-electron chi connectivity index (χ0n) is 6.80. The van der Waals surface area contributed by atoms with Gasteiger partial charge in [-0.15, -0.1) is 0 Å². The zero-order valence-corrected chi connectivity index (χ0v) is 7.55. The minimum absolute atomic E-state index is 0.281. The summed E-state index contributed by atoms with van der Waals surface area (Å²) in [5.41, 5.74) is 4.88. The summed E-state index contributed by atoms with van der Waals surface area (Å²) in [6.45, 7) is 0. The molecule has 0 spiro atoms. The van der Waals surface area contributed by atoms with Crippen molar-refractivity contribution < 1.29 is 18.7 Å². The Morgan fingerprint density at radius 3 is 2.57 bits per heavy atom. The molecule has 14 heavy (non-hydrogen) atoms. The van der Waals surface area contributed by atoms with Crippen LogP contribution in [0.5, 0.6) is 0 Å². The molecule has 1 unspecified atom stereocenters. The lowest BCUT2D eigenvalue weighted by atomic mass is 10.1. The van der Waals surface area contributed by atoms with Crippen LogP contribution in [0.1, 0.15) is 11.6 Å². The van der Waals surface area contributed by atoms with Crippen molar-refractivity contribution in [3.8, 4) is 0 Å². The minimum atomic E-state index is -1.53. The van der Waals surface area contributed by atoms with Gasteiger partial charge in [0, 0.05) is 11.6 Å². The molecule has 1 aromatic rings. The second-order valence-electron chi connectivity index (χ2n) is 2.61. The van der Waals surface area contributed by atoms with Crippen molar-refractivity contribution in [2.45, 2.75) is 6.04 Å². The Kier molecular flexibility index (Phi) is 3.03. The summed E-state index contributed by atoms with van der Waals surface area (Å²) in [6, 6.07) is -0.183. The van der Waals surface area contributed by atoms with E-state index in [4.69, 9.17) is 22.4 Å². The lowest BCUT2D eigenvalue weighted by Gasteiger charge is -2.09. The summed E-state index contributed by atoms with van der Waals surface area (Å²) in [6.07, 6.45) is 0. The molecule has 1 rings (SSSR count). The maximum Gasteiger partial charge on any atom is 0.325 e. The van der Waals surface area contributed by atoms with Crippen LogP contribution >= 0.6 is 11.6 Å². The van der Waals surface area contributed by atoms with Gasteiger partial charge in [-0.05, 0) is 6.07 Å². The van der Waals surface area contributed by atoms with Crippen molar-refractivity contribution in [3.63, 3.8) is 0 Å². The highest BCUT2D eigenvalue weighted by Crippen LogP contribution is 2.25. The average molecular weight is 222 g/mol. The molecule has 0 radical (unpaired) electrons. The Morgan fingerprint density at radius 1 is 1.50 bits per heavy atom. The fraction of sp³-hybridized carbons (Fsp3) is 0.125. The summed E-state index contributed by atoms with van der Waals surface area (Å²) in [7, 11) is 0. The number of aliphatic carboxylic acids is 1. The molecule has 0 amide bonds. The number of hydrogen-bond acceptors (Lipinski definition) is 2. The van der Waals surface area contributed by atoms with Crippen molar-refractivity contribution in [3.05, 3.63) is 34.4 Å². The Labute approximate surface area is 83.1 Å². The van der Waals surface area contributed by atoms with Gasteiger partial charge < -0.3 is 10.8 Å². The summed E-state index contributed by atoms with van der Waals surface area (Å²) in [5.74, 6) is -3.35. The summed E-state index contributed by atoms with van der Waals surface area (Å²) in [4.78, 5) is 10.4. The zero-order chi connectivity index (χ0) is 10.9. The summed E-state index contributed by atoms with van der Waals surface area (Å²) >= 11 is 5.42. The molecule has 0 bridgehead atoms. The number of benzene rings is 1. The largest absolute Gasteiger partial charge is 0.480 e. The van der Waals surface area contributed by atoms with Gasteiger partial charge in [0.15, 0.2) is 0 Å². The van der Waals surface area contributed by atoms with Gasteiger partial charge in [-0.1, -0.05) is 11.6 Å². The first-order valence-electron chi connectivity index (χ1n) is 3.56. The van der Waals surface area contributed by atoms with Crippen LogP contribution in [0.3, 0.4) is 0 Å². The Morgan fingerprint density at radius 2 is 2.07 bits per heavy atom. The van der Waals surface area contributed by atoms with E-state index in [0.29, 0.717) is 6.07 Å². The highest BCUT2D eigenvalue weighted by Gasteiger charge is 2.20. The van der Waals surface area contributed by atoms with Gasteiger partial charge in [-0.2, -0.15) is 0 Å². The van der Waals surface area contributed by atoms with E-state index < -0.39 is 28.7 Å². The first kappa shape index (κ1) is 10.9. The number of carboxylic acid groups (broad SMARTS) is 1. The van der Waals surface area contributed by atoms with Crippen LogP contribution in [0.2, 0.25) is 5.02 Å². The van der Waals surface area contributed by atoms with E-state index in [9.17, 15) is 13.6 Å². The second kappa shape index (κ2) is 3.89. The van der Waals surface area contributed by atoms with Crippen molar-refractivity contribution >= 4 is 17.6 Å². The van der Waals surface area contributed by atoms with Gasteiger partial charge in [-0.3, -0.25) is 4.79 Å². The molecule has 0 aromatic heterocycles. The molecule has 1 aromatic carbocycles. The number of carboxylic acids is 1. The van der Waals surface area contributed by atoms with Crippen molar-refractivity contribution in [2.24, 2.45) is 5.73 Å². The molecular formula is C8H6ClF2NO2. The highest BCUT2D eigenvalue weighted by atomic mass is 35.5. The van der Waals surface area contributed by atoms with Crippen LogP contribution in [-0.2, 0) is 4.79 Å². The van der Waals surface area contributed by atoms with E-state index in [1.165, 1.54) is 0 Å². The van der Waals surface area contributed by atoms with Crippen molar-refractivity contribution in [2.75, 3.05) is 0 Å². The van der Waals surface area contributed by atoms with Crippen LogP contribution < -0.4 is 5.73 Å². The predicted octanol–water partition coefficient (Wildman–Crippen LogP) is 1.70. The van der Waals surface area contributed by atoms with Crippen LogP contribution in [0.15, 0.2) is 12.1 Å². The standard InChI is InChI=1S/C8H6ClF2NO2/c9-6-4(7(12)8(13)14)1-3(10)2-5(6)11/h1-2,7H,12H2,(H,13,14). The topological polar surface area (TPSA) is 63.3 Å². The van der Waals surface area contributed by atoms with Gasteiger partial charge in [0.05, 0.1) is 5.02 Å². The number of rotatable bonds is 2. The molecule has 0 saturated heterocycles. The molecule has 0 heterocycles. The van der Waals surface area contributed by atoms with Crippen molar-refractivity contribution in [1.82, 2.24) is 0 Å². The van der Waals surface area contributed by atoms with E-state index in [-0.39, 0.29) is 5.56 Å². The number of nitrogens with two attached hydrogens (primary N) is 1. The van der Waals surface area contributed by atoms with Crippen LogP contribution in [0.25, 0.3) is 0 Å². The Bertz CT molecular complexity index is 384. The summed E-state index contributed by atoms with van der Waals surface area (Å²) < 4.78 is 25.5. The molecule has 0 aliphatic carbocycles. The van der Waals surface area contributed by atoms with Gasteiger partial charge in [-0.25, -0.2) is 8.78 Å². The van der Waals surface area contributed by atoms with E-state index >= 15 is 0 Å². The smallest absolute Gasteiger partial charge is 0.325 e. The minimum Gasteiger partial charge on any atom is -0.480 e. The van der Waals surface area contributed by atoms with Gasteiger partial charge >= 0.3 is 5.97 Å². The molecule has 3 N–H and O–H groups in total. The molecule has 0 fully saturated rings. The predicted molar refractivity (Wildman–Crippen MR) is 45.9 cm³/mol. The van der Waals surface area contributed by atoms with Gasteiger partial charge in [0.25, 0.3) is 0 Å². The second-order valence-corrected chi connectivity index (χ2v) is 2.98. The lowest BCUT2D eigenvalue weighted by molar-refractivity contribution is -0.138. The molecule has 0 aliphatic rings. The van der Waals surface area contributed by atoms with Crippen molar-refractivity contribution in [1.29, 1.82) is 0 Å².